The van der Waals surface area contributed by atoms with Gasteiger partial charge in [-0.2, -0.15) is 0 Å². The fourth-order valence-corrected chi connectivity index (χ4v) is 3.80. The number of nitrogens with one attached hydrogen (secondary N) is 2. The van der Waals surface area contributed by atoms with Crippen LogP contribution in [0.5, 0.6) is 0 Å². The summed E-state index contributed by atoms with van der Waals surface area (Å²) in [4.78, 5) is 44.1. The van der Waals surface area contributed by atoms with Crippen molar-refractivity contribution in [2.75, 3.05) is 5.32 Å². The second-order valence-corrected chi connectivity index (χ2v) is 9.70. The lowest BCUT2D eigenvalue weighted by Crippen LogP contribution is -2.50. The summed E-state index contributed by atoms with van der Waals surface area (Å²) in [6, 6.07) is 3.57. The molecule has 1 aromatic carbocycles. The number of benzene rings is 1. The average Bonchev–Trinajstić information content (AvgIpc) is 2.52. The summed E-state index contributed by atoms with van der Waals surface area (Å²) in [6.07, 6.45) is 0.00926. The molecule has 4 N–H and O–H groups in total. The lowest BCUT2D eigenvalue weighted by Gasteiger charge is -2.26. The van der Waals surface area contributed by atoms with Crippen LogP contribution in [0.3, 0.4) is 0 Å². The number of hydrogen-bond acceptors (Lipinski definition) is 3. The van der Waals surface area contributed by atoms with Gasteiger partial charge < -0.3 is 20.4 Å². The Morgan fingerprint density at radius 1 is 1.07 bits per heavy atom. The molecule has 0 fully saturated rings. The molecular weight excluding hydrogens is 414 g/mol. The first-order valence-electron chi connectivity index (χ1n) is 8.44. The van der Waals surface area contributed by atoms with Gasteiger partial charge in [0.05, 0.1) is 10.0 Å². The quantitative estimate of drug-likeness (QED) is 0.462. The molecule has 2 atom stereocenters. The van der Waals surface area contributed by atoms with E-state index in [9.17, 15) is 23.9 Å². The fourth-order valence-electron chi connectivity index (χ4n) is 2.42. The minimum atomic E-state index is -4.66. The van der Waals surface area contributed by atoms with Crippen LogP contribution in [0.4, 0.5) is 5.69 Å². The maximum Gasteiger partial charge on any atom is 0.337 e. The van der Waals surface area contributed by atoms with Crippen LogP contribution in [0.25, 0.3) is 0 Å². The molecule has 0 spiro atoms. The molecule has 0 aliphatic carbocycles. The van der Waals surface area contributed by atoms with E-state index in [2.05, 4.69) is 10.6 Å². The first-order valence-corrected chi connectivity index (χ1v) is 10.9. The van der Waals surface area contributed by atoms with Gasteiger partial charge in [0.15, 0.2) is 0 Å². The molecule has 0 saturated carbocycles. The minimum Gasteiger partial charge on any atom is -0.343 e. The molecule has 152 valence electrons. The Kier molecular flexibility index (Phi) is 8.77. The number of carbonyl (C=O) groups is 2. The van der Waals surface area contributed by atoms with E-state index in [0.29, 0.717) is 10.7 Å². The summed E-state index contributed by atoms with van der Waals surface area (Å²) < 4.78 is 11.7. The van der Waals surface area contributed by atoms with Gasteiger partial charge in [0.25, 0.3) is 0 Å². The van der Waals surface area contributed by atoms with Crippen molar-refractivity contribution in [1.29, 1.82) is 0 Å². The number of amides is 2. The molecule has 1 rings (SSSR count). The lowest BCUT2D eigenvalue weighted by molar-refractivity contribution is -0.127. The van der Waals surface area contributed by atoms with Crippen LogP contribution < -0.4 is 10.6 Å². The van der Waals surface area contributed by atoms with E-state index in [-0.39, 0.29) is 23.3 Å². The maximum absolute atomic E-state index is 12.6. The van der Waals surface area contributed by atoms with E-state index in [0.717, 1.165) is 0 Å². The highest BCUT2D eigenvalue weighted by Gasteiger charge is 2.38. The molecule has 0 aromatic heterocycles. The Balaban J connectivity index is 2.96. The molecule has 2 amide bonds. The molecule has 0 heterocycles. The molecule has 0 aliphatic rings. The summed E-state index contributed by atoms with van der Waals surface area (Å²) >= 11 is 11.8. The maximum atomic E-state index is 12.6. The van der Waals surface area contributed by atoms with Crippen molar-refractivity contribution in [3.05, 3.63) is 28.2 Å². The second-order valence-electron chi connectivity index (χ2n) is 7.08. The Bertz CT molecular complexity index is 736. The number of carbonyl (C=O) groups excluding carboxylic acids is 2. The molecule has 0 bridgehead atoms. The van der Waals surface area contributed by atoms with Crippen molar-refractivity contribution in [2.24, 2.45) is 11.8 Å². The lowest BCUT2D eigenvalue weighted by atomic mass is 10.0. The van der Waals surface area contributed by atoms with Gasteiger partial charge >= 0.3 is 7.60 Å². The van der Waals surface area contributed by atoms with Gasteiger partial charge in [0.1, 0.15) is 11.7 Å². The van der Waals surface area contributed by atoms with Crippen molar-refractivity contribution >= 4 is 48.3 Å². The minimum absolute atomic E-state index is 0.00926. The highest BCUT2D eigenvalue weighted by molar-refractivity contribution is 7.53. The van der Waals surface area contributed by atoms with Gasteiger partial charge in [-0.1, -0.05) is 50.9 Å². The van der Waals surface area contributed by atoms with Crippen LogP contribution in [0, 0.1) is 11.8 Å². The Hall–Kier alpha value is -1.11. The summed E-state index contributed by atoms with van der Waals surface area (Å²) in [5.74, 6) is -1.78. The van der Waals surface area contributed by atoms with Gasteiger partial charge in [-0.05, 0) is 36.5 Å². The van der Waals surface area contributed by atoms with Crippen LogP contribution in [-0.2, 0) is 14.2 Å². The molecule has 2 unspecified atom stereocenters. The van der Waals surface area contributed by atoms with E-state index in [1.807, 2.05) is 0 Å². The van der Waals surface area contributed by atoms with E-state index in [1.54, 1.807) is 33.8 Å². The monoisotopic (exact) mass is 438 g/mol. The van der Waals surface area contributed by atoms with Crippen molar-refractivity contribution < 1.29 is 23.9 Å². The Morgan fingerprint density at radius 2 is 1.67 bits per heavy atom. The molecule has 0 saturated heterocycles. The average molecular weight is 439 g/mol. The van der Waals surface area contributed by atoms with Gasteiger partial charge in [-0.15, -0.1) is 0 Å². The molecule has 27 heavy (non-hydrogen) atoms. The van der Waals surface area contributed by atoms with Gasteiger partial charge in [-0.3, -0.25) is 14.2 Å². The first kappa shape index (κ1) is 23.9. The van der Waals surface area contributed by atoms with Crippen LogP contribution in [-0.4, -0.2) is 33.3 Å². The summed E-state index contributed by atoms with van der Waals surface area (Å²) in [5, 5.41) is 5.69. The highest BCUT2D eigenvalue weighted by atomic mass is 35.5. The van der Waals surface area contributed by atoms with Gasteiger partial charge in [0.2, 0.25) is 11.8 Å². The van der Waals surface area contributed by atoms with E-state index < -0.39 is 31.1 Å². The van der Waals surface area contributed by atoms with Gasteiger partial charge in [0, 0.05) is 5.69 Å². The van der Waals surface area contributed by atoms with Gasteiger partial charge in [-0.25, -0.2) is 0 Å². The van der Waals surface area contributed by atoms with Crippen molar-refractivity contribution in [1.82, 2.24) is 5.32 Å². The third-order valence-electron chi connectivity index (χ3n) is 3.84. The molecule has 10 heteroatoms. The largest absolute Gasteiger partial charge is 0.343 e. The zero-order chi connectivity index (χ0) is 20.9. The summed E-state index contributed by atoms with van der Waals surface area (Å²) in [6.45, 7) is 6.95. The Morgan fingerprint density at radius 3 is 2.11 bits per heavy atom. The third-order valence-corrected chi connectivity index (χ3v) is 5.83. The molecule has 7 nitrogen and oxygen atoms in total. The second kappa shape index (κ2) is 9.89. The summed E-state index contributed by atoms with van der Waals surface area (Å²) in [5.41, 5.74) is -1.11. The zero-order valence-electron chi connectivity index (χ0n) is 15.6. The molecular formula is C17H25Cl2N2O5P. The standard InChI is InChI=1S/C17H25Cl2N2O5P/c1-9(2)7-14(27(24,25)26)16(22)21-15(10(3)4)17(23)20-11-5-6-12(18)13(19)8-11/h5-6,8-10,14-15H,7H2,1-4H3,(H,20,23)(H,21,22)(H2,24,25,26). The molecule has 1 aromatic rings. The normalized spacial score (nSPS) is 14.1. The van der Waals surface area contributed by atoms with E-state index >= 15 is 0 Å². The fraction of sp³-hybridized carbons (Fsp3) is 0.529. The number of hydrogen-bond donors (Lipinski definition) is 4. The predicted molar refractivity (Wildman–Crippen MR) is 107 cm³/mol. The van der Waals surface area contributed by atoms with Crippen LogP contribution in [0.1, 0.15) is 34.1 Å². The first-order chi connectivity index (χ1) is 12.3. The number of anilines is 1. The Labute approximate surface area is 169 Å². The van der Waals surface area contributed by atoms with Crippen LogP contribution in [0.15, 0.2) is 18.2 Å². The smallest absolute Gasteiger partial charge is 0.337 e. The third kappa shape index (κ3) is 7.43. The molecule has 0 aliphatic heterocycles. The van der Waals surface area contributed by atoms with Crippen LogP contribution in [0.2, 0.25) is 10.0 Å². The number of halogens is 2. The van der Waals surface area contributed by atoms with E-state index in [1.165, 1.54) is 12.1 Å². The van der Waals surface area contributed by atoms with Crippen molar-refractivity contribution in [2.45, 2.75) is 45.8 Å². The van der Waals surface area contributed by atoms with E-state index in [4.69, 9.17) is 23.2 Å². The van der Waals surface area contributed by atoms with Crippen molar-refractivity contribution in [3.63, 3.8) is 0 Å². The highest BCUT2D eigenvalue weighted by Crippen LogP contribution is 2.44. The molecule has 0 radical (unpaired) electrons. The number of rotatable bonds is 8. The van der Waals surface area contributed by atoms with Crippen LogP contribution >= 0.6 is 30.8 Å². The SMILES string of the molecule is CC(C)CC(C(=O)NC(C(=O)Nc1ccc(Cl)c(Cl)c1)C(C)C)P(=O)(O)O. The van der Waals surface area contributed by atoms with Crippen molar-refractivity contribution in [3.8, 4) is 0 Å². The topological polar surface area (TPSA) is 116 Å². The summed E-state index contributed by atoms with van der Waals surface area (Å²) in [7, 11) is -4.66. The zero-order valence-corrected chi connectivity index (χ0v) is 18.0. The predicted octanol–water partition coefficient (Wildman–Crippen LogP) is 3.67.